The lowest BCUT2D eigenvalue weighted by atomic mass is 10.1. The Balaban J connectivity index is 4.58. The number of unbranched alkanes of at least 4 members (excludes halogenated alkanes) is 3. The fourth-order valence-corrected chi connectivity index (χ4v) is 4.20. The molecule has 0 rings (SSSR count). The van der Waals surface area contributed by atoms with Crippen molar-refractivity contribution in [2.24, 2.45) is 44.4 Å². The molecular weight excluding hydrogens is 600 g/mol. The number of carbonyl (C=O) groups excluding carboxylic acids is 4. The zero-order valence-electron chi connectivity index (χ0n) is 26.8. The molecule has 0 radical (unpaired) electrons. The zero-order chi connectivity index (χ0) is 34.7. The van der Waals surface area contributed by atoms with Gasteiger partial charge in [-0.05, 0) is 70.8 Å². The number of hydrogen-bond acceptors (Lipinski definition) is 9. The van der Waals surface area contributed by atoms with Gasteiger partial charge >= 0.3 is 5.97 Å². The van der Waals surface area contributed by atoms with Gasteiger partial charge in [0.15, 0.2) is 11.9 Å². The summed E-state index contributed by atoms with van der Waals surface area (Å²) >= 11 is 0. The normalized spacial score (nSPS) is 12.6. The number of carbonyl (C=O) groups is 5. The molecule has 0 aromatic heterocycles. The van der Waals surface area contributed by atoms with Gasteiger partial charge in [0.05, 0.1) is 6.04 Å². The van der Waals surface area contributed by atoms with Crippen molar-refractivity contribution < 1.29 is 29.1 Å². The van der Waals surface area contributed by atoms with Crippen molar-refractivity contribution in [3.63, 3.8) is 0 Å². The summed E-state index contributed by atoms with van der Waals surface area (Å²) in [5.74, 6) is -2.67. The van der Waals surface area contributed by atoms with Crippen LogP contribution in [0.3, 0.4) is 0 Å². The minimum atomic E-state index is -1.15. The molecule has 0 aliphatic heterocycles. The molecule has 4 amide bonds. The van der Waals surface area contributed by atoms with Crippen molar-refractivity contribution >= 4 is 41.5 Å². The van der Waals surface area contributed by atoms with E-state index in [1.54, 1.807) is 0 Å². The Morgan fingerprint density at radius 2 is 1.09 bits per heavy atom. The number of nitrogens with zero attached hydrogens (tertiary/aromatic N) is 2. The summed E-state index contributed by atoms with van der Waals surface area (Å²) in [6.07, 6.45) is 5.62. The fourth-order valence-electron chi connectivity index (χ4n) is 4.20. The summed E-state index contributed by atoms with van der Waals surface area (Å²) in [5.41, 5.74) is 32.5. The molecule has 264 valence electrons. The van der Waals surface area contributed by atoms with Crippen LogP contribution in [0.4, 0.5) is 0 Å². The van der Waals surface area contributed by atoms with Crippen LogP contribution in [0.25, 0.3) is 0 Å². The van der Waals surface area contributed by atoms with Crippen molar-refractivity contribution in [3.05, 3.63) is 0 Å². The summed E-state index contributed by atoms with van der Waals surface area (Å²) in [5, 5.41) is 20.1. The molecule has 46 heavy (non-hydrogen) atoms. The maximum absolute atomic E-state index is 12.9. The number of hydrogen-bond donors (Lipinski definition) is 11. The first kappa shape index (κ1) is 41.8. The summed E-state index contributed by atoms with van der Waals surface area (Å²) < 4.78 is 0. The van der Waals surface area contributed by atoms with E-state index >= 15 is 0 Å². The minimum absolute atomic E-state index is 0.0710. The monoisotopic (exact) mass is 656 g/mol. The average molecular weight is 657 g/mol. The second kappa shape index (κ2) is 26.1. The molecule has 0 aliphatic carbocycles. The quantitative estimate of drug-likeness (QED) is 0.0242. The third kappa shape index (κ3) is 23.2. The molecule has 0 unspecified atom stereocenters. The van der Waals surface area contributed by atoms with Gasteiger partial charge in [-0.1, -0.05) is 6.42 Å². The minimum Gasteiger partial charge on any atom is -0.480 e. The predicted octanol–water partition coefficient (Wildman–Crippen LogP) is -2.82. The Morgan fingerprint density at radius 3 is 1.57 bits per heavy atom. The second-order valence-corrected chi connectivity index (χ2v) is 10.9. The van der Waals surface area contributed by atoms with Gasteiger partial charge in [0.1, 0.15) is 12.1 Å². The molecule has 18 heteroatoms. The number of aliphatic imine (C=N–C) groups is 2. The van der Waals surface area contributed by atoms with Gasteiger partial charge in [0, 0.05) is 39.0 Å². The lowest BCUT2D eigenvalue weighted by Gasteiger charge is -2.18. The largest absolute Gasteiger partial charge is 0.480 e. The van der Waals surface area contributed by atoms with Crippen LogP contribution in [0.15, 0.2) is 9.98 Å². The molecule has 0 aromatic carbocycles. The average Bonchev–Trinajstić information content (AvgIpc) is 2.99. The van der Waals surface area contributed by atoms with Gasteiger partial charge in [0.2, 0.25) is 23.6 Å². The van der Waals surface area contributed by atoms with Crippen molar-refractivity contribution in [2.45, 2.75) is 102 Å². The van der Waals surface area contributed by atoms with Crippen molar-refractivity contribution in [1.29, 1.82) is 0 Å². The SMILES string of the molecule is NCCCC[C@H](N)C(=O)NCCCCC(=O)N[C@@H](CCCN=C(N)N)C(=O)NCCCCC(=O)N[C@@H](CCCN=C(N)N)C(=O)O. The van der Waals surface area contributed by atoms with Gasteiger partial charge in [-0.2, -0.15) is 0 Å². The molecule has 0 fully saturated rings. The number of amides is 4. The van der Waals surface area contributed by atoms with Crippen LogP contribution < -0.4 is 55.7 Å². The van der Waals surface area contributed by atoms with E-state index in [4.69, 9.17) is 34.4 Å². The lowest BCUT2D eigenvalue weighted by Crippen LogP contribution is -2.47. The van der Waals surface area contributed by atoms with Crippen LogP contribution in [-0.2, 0) is 24.0 Å². The van der Waals surface area contributed by atoms with E-state index in [2.05, 4.69) is 31.3 Å². The molecule has 3 atom stereocenters. The van der Waals surface area contributed by atoms with E-state index in [-0.39, 0.29) is 68.5 Å². The Hall–Kier alpha value is -4.19. The maximum Gasteiger partial charge on any atom is 0.326 e. The fraction of sp³-hybridized carbons (Fsp3) is 0.750. The molecule has 0 saturated heterocycles. The van der Waals surface area contributed by atoms with Crippen LogP contribution in [-0.4, -0.2) is 97.5 Å². The Labute approximate surface area is 270 Å². The number of carboxylic acids is 1. The summed E-state index contributed by atoms with van der Waals surface area (Å²) in [6, 6.07) is -2.46. The number of nitrogens with one attached hydrogen (secondary N) is 4. The molecule has 0 saturated carbocycles. The first-order valence-corrected chi connectivity index (χ1v) is 15.8. The maximum atomic E-state index is 12.9. The van der Waals surface area contributed by atoms with Crippen LogP contribution in [0, 0.1) is 0 Å². The van der Waals surface area contributed by atoms with Gasteiger partial charge < -0.3 is 60.8 Å². The Bertz CT molecular complexity index is 986. The van der Waals surface area contributed by atoms with Crippen LogP contribution in [0.5, 0.6) is 0 Å². The molecule has 0 heterocycles. The smallest absolute Gasteiger partial charge is 0.326 e. The van der Waals surface area contributed by atoms with Gasteiger partial charge in [0.25, 0.3) is 0 Å². The van der Waals surface area contributed by atoms with Crippen molar-refractivity contribution in [3.8, 4) is 0 Å². The summed E-state index contributed by atoms with van der Waals surface area (Å²) in [4.78, 5) is 68.8. The van der Waals surface area contributed by atoms with Gasteiger partial charge in [-0.15, -0.1) is 0 Å². The number of guanidine groups is 2. The first-order chi connectivity index (χ1) is 21.9. The standard InChI is InChI=1S/C28H56N12O6/c29-14-4-1-9-19(30)24(43)35-15-5-2-12-22(41)39-20(10-7-17-37-27(31)32)25(44)36-16-6-3-13-23(42)40-21(26(45)46)11-8-18-38-28(33)34/h19-21H,1-18,29-30H2,(H,35,43)(H,36,44)(H,39,41)(H,40,42)(H,45,46)(H4,31,32,37)(H4,33,34,38)/t19-,20-,21-/m0/s1. The molecule has 0 bridgehead atoms. The van der Waals surface area contributed by atoms with E-state index in [0.717, 1.165) is 12.8 Å². The third-order valence-electron chi connectivity index (χ3n) is 6.74. The van der Waals surface area contributed by atoms with E-state index in [1.165, 1.54) is 0 Å². The van der Waals surface area contributed by atoms with Crippen molar-refractivity contribution in [2.75, 3.05) is 32.7 Å². The molecule has 0 aliphatic rings. The Kier molecular flexibility index (Phi) is 23.7. The second-order valence-electron chi connectivity index (χ2n) is 10.9. The Morgan fingerprint density at radius 1 is 0.609 bits per heavy atom. The number of rotatable bonds is 27. The lowest BCUT2D eigenvalue weighted by molar-refractivity contribution is -0.142. The van der Waals surface area contributed by atoms with Gasteiger partial charge in [-0.3, -0.25) is 29.2 Å². The molecule has 18 nitrogen and oxygen atoms in total. The number of carboxylic acid groups (broad SMARTS) is 1. The van der Waals surface area contributed by atoms with Crippen LogP contribution in [0.2, 0.25) is 0 Å². The molecule has 17 N–H and O–H groups in total. The summed E-state index contributed by atoms with van der Waals surface area (Å²) in [6.45, 7) is 1.73. The number of aliphatic carboxylic acids is 1. The highest BCUT2D eigenvalue weighted by Crippen LogP contribution is 2.04. The van der Waals surface area contributed by atoms with Crippen LogP contribution in [0.1, 0.15) is 83.5 Å². The topological polar surface area (TPSA) is 335 Å². The van der Waals surface area contributed by atoms with E-state index in [0.29, 0.717) is 64.5 Å². The zero-order valence-corrected chi connectivity index (χ0v) is 26.8. The highest BCUT2D eigenvalue weighted by Gasteiger charge is 2.21. The molecule has 0 aromatic rings. The highest BCUT2D eigenvalue weighted by atomic mass is 16.4. The highest BCUT2D eigenvalue weighted by molar-refractivity contribution is 5.87. The summed E-state index contributed by atoms with van der Waals surface area (Å²) in [7, 11) is 0. The molecule has 0 spiro atoms. The number of nitrogens with two attached hydrogens (primary N) is 6. The predicted molar refractivity (Wildman–Crippen MR) is 176 cm³/mol. The van der Waals surface area contributed by atoms with E-state index in [1.807, 2.05) is 0 Å². The van der Waals surface area contributed by atoms with Gasteiger partial charge in [-0.25, -0.2) is 4.79 Å². The first-order valence-electron chi connectivity index (χ1n) is 15.8. The van der Waals surface area contributed by atoms with E-state index in [9.17, 15) is 29.1 Å². The van der Waals surface area contributed by atoms with E-state index < -0.39 is 30.0 Å². The third-order valence-corrected chi connectivity index (χ3v) is 6.74. The van der Waals surface area contributed by atoms with Crippen molar-refractivity contribution in [1.82, 2.24) is 21.3 Å². The molecular formula is C28H56N12O6. The van der Waals surface area contributed by atoms with Crippen LogP contribution >= 0.6 is 0 Å².